The third kappa shape index (κ3) is 3.45. The molecular weight excluding hydrogens is 282 g/mol. The van der Waals surface area contributed by atoms with Crippen LogP contribution in [0.3, 0.4) is 0 Å². The number of hydrogen-bond donors (Lipinski definition) is 0. The van der Waals surface area contributed by atoms with Gasteiger partial charge in [0, 0.05) is 23.5 Å². The maximum Gasteiger partial charge on any atom is 0.125 e. The molecule has 0 amide bonds. The van der Waals surface area contributed by atoms with Crippen molar-refractivity contribution < 1.29 is 0 Å². The molecule has 1 aliphatic heterocycles. The fourth-order valence-electron chi connectivity index (χ4n) is 2.96. The molecule has 0 saturated heterocycles. The highest BCUT2D eigenvalue weighted by molar-refractivity contribution is 5.92. The third-order valence-electron chi connectivity index (χ3n) is 4.64. The molecule has 1 aliphatic rings. The van der Waals surface area contributed by atoms with Crippen molar-refractivity contribution >= 4 is 17.6 Å². The smallest absolute Gasteiger partial charge is 0.125 e. The van der Waals surface area contributed by atoms with Gasteiger partial charge in [-0.1, -0.05) is 36.4 Å². The second-order valence-electron chi connectivity index (χ2n) is 6.41. The molecular formula is C20H25N3. The molecule has 0 N–H and O–H groups in total. The van der Waals surface area contributed by atoms with Gasteiger partial charge in [0.2, 0.25) is 0 Å². The molecule has 3 rings (SSSR count). The third-order valence-corrected chi connectivity index (χ3v) is 4.64. The van der Waals surface area contributed by atoms with E-state index in [0.29, 0.717) is 6.04 Å². The maximum atomic E-state index is 4.84. The predicted octanol–water partition coefficient (Wildman–Crippen LogP) is 4.31. The summed E-state index contributed by atoms with van der Waals surface area (Å²) in [6.07, 6.45) is 4.36. The van der Waals surface area contributed by atoms with Crippen molar-refractivity contribution in [3.8, 4) is 0 Å². The fraction of sp³-hybridized carbons (Fsp3) is 0.350. The summed E-state index contributed by atoms with van der Waals surface area (Å²) in [4.78, 5) is 9.49. The number of nitrogens with zero attached hydrogens (tertiary/aromatic N) is 3. The van der Waals surface area contributed by atoms with Crippen LogP contribution in [0.1, 0.15) is 25.3 Å². The molecule has 0 fully saturated rings. The first-order valence-electron chi connectivity index (χ1n) is 8.29. The fourth-order valence-corrected chi connectivity index (χ4v) is 2.96. The van der Waals surface area contributed by atoms with Gasteiger partial charge in [-0.25, -0.2) is 0 Å². The average molecular weight is 307 g/mol. The topological polar surface area (TPSA) is 18.8 Å². The van der Waals surface area contributed by atoms with Crippen LogP contribution in [0.15, 0.2) is 59.6 Å². The number of para-hydroxylation sites is 2. The lowest BCUT2D eigenvalue weighted by atomic mass is 10.0. The zero-order chi connectivity index (χ0) is 16.2. The molecule has 1 heterocycles. The quantitative estimate of drug-likeness (QED) is 0.819. The van der Waals surface area contributed by atoms with Crippen LogP contribution in [-0.4, -0.2) is 37.4 Å². The van der Waals surface area contributed by atoms with Crippen molar-refractivity contribution in [1.82, 2.24) is 4.90 Å². The van der Waals surface area contributed by atoms with E-state index in [4.69, 9.17) is 4.99 Å². The van der Waals surface area contributed by atoms with E-state index in [1.807, 2.05) is 6.21 Å². The molecule has 2 unspecified atom stereocenters. The van der Waals surface area contributed by atoms with Gasteiger partial charge in [0.15, 0.2) is 0 Å². The minimum Gasteiger partial charge on any atom is -0.318 e. The maximum absolute atomic E-state index is 4.84. The minimum absolute atomic E-state index is 0.162. The van der Waals surface area contributed by atoms with Gasteiger partial charge in [0.1, 0.15) is 6.17 Å². The summed E-state index contributed by atoms with van der Waals surface area (Å²) >= 11 is 0. The summed E-state index contributed by atoms with van der Waals surface area (Å²) in [5.74, 6) is 0. The largest absolute Gasteiger partial charge is 0.318 e. The Balaban J connectivity index is 1.90. The van der Waals surface area contributed by atoms with Gasteiger partial charge in [0.05, 0.1) is 5.69 Å². The Kier molecular flexibility index (Phi) is 4.77. The number of hydrogen-bond acceptors (Lipinski definition) is 3. The number of rotatable bonds is 5. The van der Waals surface area contributed by atoms with Crippen LogP contribution in [0.5, 0.6) is 0 Å². The van der Waals surface area contributed by atoms with Crippen molar-refractivity contribution in [2.24, 2.45) is 4.99 Å². The summed E-state index contributed by atoms with van der Waals surface area (Å²) in [6.45, 7) is 2.27. The first kappa shape index (κ1) is 15.8. The second kappa shape index (κ2) is 6.97. The molecule has 23 heavy (non-hydrogen) atoms. The van der Waals surface area contributed by atoms with Crippen molar-refractivity contribution in [2.45, 2.75) is 32.0 Å². The summed E-state index contributed by atoms with van der Waals surface area (Å²) in [7, 11) is 4.28. The van der Waals surface area contributed by atoms with E-state index in [2.05, 4.69) is 85.4 Å². The highest BCUT2D eigenvalue weighted by Gasteiger charge is 2.25. The lowest BCUT2D eigenvalue weighted by molar-refractivity contribution is 0.288. The minimum atomic E-state index is 0.162. The summed E-state index contributed by atoms with van der Waals surface area (Å²) in [5, 5.41) is 0. The molecule has 0 bridgehead atoms. The highest BCUT2D eigenvalue weighted by atomic mass is 15.3. The second-order valence-corrected chi connectivity index (χ2v) is 6.41. The van der Waals surface area contributed by atoms with Gasteiger partial charge < -0.3 is 9.80 Å². The zero-order valence-electron chi connectivity index (χ0n) is 14.2. The molecule has 0 radical (unpaired) electrons. The molecule has 0 saturated carbocycles. The Morgan fingerprint density at radius 1 is 1.04 bits per heavy atom. The Bertz CT molecular complexity index is 664. The van der Waals surface area contributed by atoms with Crippen molar-refractivity contribution in [3.05, 3.63) is 60.2 Å². The Morgan fingerprint density at radius 3 is 2.48 bits per heavy atom. The van der Waals surface area contributed by atoms with Gasteiger partial charge in [-0.05, 0) is 52.1 Å². The Labute approximate surface area is 139 Å². The molecule has 0 aliphatic carbocycles. The van der Waals surface area contributed by atoms with Crippen molar-refractivity contribution in [3.63, 3.8) is 0 Å². The summed E-state index contributed by atoms with van der Waals surface area (Å²) < 4.78 is 0. The summed E-state index contributed by atoms with van der Waals surface area (Å²) in [5.41, 5.74) is 3.64. The van der Waals surface area contributed by atoms with Crippen LogP contribution in [0.25, 0.3) is 0 Å². The monoisotopic (exact) mass is 307 g/mol. The molecule has 2 aromatic carbocycles. The van der Waals surface area contributed by atoms with E-state index >= 15 is 0 Å². The number of aliphatic imine (C=N–C) groups is 1. The first-order valence-corrected chi connectivity index (χ1v) is 8.29. The number of anilines is 2. The van der Waals surface area contributed by atoms with E-state index in [1.165, 1.54) is 16.9 Å². The summed E-state index contributed by atoms with van der Waals surface area (Å²) in [6, 6.07) is 19.6. The van der Waals surface area contributed by atoms with Crippen LogP contribution in [0.2, 0.25) is 0 Å². The number of fused-ring (bicyclic) bond motifs is 1. The Morgan fingerprint density at radius 2 is 1.74 bits per heavy atom. The van der Waals surface area contributed by atoms with Gasteiger partial charge in [-0.15, -0.1) is 0 Å². The molecule has 120 valence electrons. The standard InChI is InChI=1S/C20H25N3/c1-16(22(2)3)13-14-20-21-15-17-9-7-8-12-19(17)23(20)18-10-5-4-6-11-18/h4-12,15-16,20H,13-14H2,1-3H3. The highest BCUT2D eigenvalue weighted by Crippen LogP contribution is 2.34. The van der Waals surface area contributed by atoms with E-state index in [-0.39, 0.29) is 6.17 Å². The molecule has 2 atom stereocenters. The van der Waals surface area contributed by atoms with Crippen LogP contribution in [0.4, 0.5) is 11.4 Å². The molecule has 3 heteroatoms. The van der Waals surface area contributed by atoms with Crippen molar-refractivity contribution in [1.29, 1.82) is 0 Å². The van der Waals surface area contributed by atoms with Crippen LogP contribution < -0.4 is 4.90 Å². The normalized spacial score (nSPS) is 18.1. The van der Waals surface area contributed by atoms with Crippen LogP contribution >= 0.6 is 0 Å². The zero-order valence-corrected chi connectivity index (χ0v) is 14.2. The average Bonchev–Trinajstić information content (AvgIpc) is 2.59. The van der Waals surface area contributed by atoms with Crippen molar-refractivity contribution in [2.75, 3.05) is 19.0 Å². The number of benzene rings is 2. The van der Waals surface area contributed by atoms with Gasteiger partial charge in [-0.3, -0.25) is 4.99 Å². The van der Waals surface area contributed by atoms with E-state index < -0.39 is 0 Å². The van der Waals surface area contributed by atoms with Gasteiger partial charge in [-0.2, -0.15) is 0 Å². The molecule has 2 aromatic rings. The first-order chi connectivity index (χ1) is 11.2. The van der Waals surface area contributed by atoms with Crippen LogP contribution in [0, 0.1) is 0 Å². The molecule has 3 nitrogen and oxygen atoms in total. The van der Waals surface area contributed by atoms with E-state index in [1.54, 1.807) is 0 Å². The molecule has 0 aromatic heterocycles. The van der Waals surface area contributed by atoms with Crippen LogP contribution in [-0.2, 0) is 0 Å². The van der Waals surface area contributed by atoms with E-state index in [9.17, 15) is 0 Å². The van der Waals surface area contributed by atoms with Gasteiger partial charge >= 0.3 is 0 Å². The molecule has 0 spiro atoms. The SMILES string of the molecule is CC(CCC1N=Cc2ccccc2N1c1ccccc1)N(C)C. The Hall–Kier alpha value is -2.13. The van der Waals surface area contributed by atoms with E-state index in [0.717, 1.165) is 12.8 Å². The van der Waals surface area contributed by atoms with Gasteiger partial charge in [0.25, 0.3) is 0 Å². The predicted molar refractivity (Wildman–Crippen MR) is 98.8 cm³/mol. The lowest BCUT2D eigenvalue weighted by Crippen LogP contribution is -2.35. The lowest BCUT2D eigenvalue weighted by Gasteiger charge is -2.36.